The predicted octanol–water partition coefficient (Wildman–Crippen LogP) is 2.69. The van der Waals surface area contributed by atoms with Crippen LogP contribution in [0.15, 0.2) is 28.7 Å². The highest BCUT2D eigenvalue weighted by atomic mass is 79.9. The van der Waals surface area contributed by atoms with Gasteiger partial charge in [-0.2, -0.15) is 0 Å². The fourth-order valence-corrected chi connectivity index (χ4v) is 2.97. The van der Waals surface area contributed by atoms with Gasteiger partial charge in [0.25, 0.3) is 0 Å². The Labute approximate surface area is 130 Å². The van der Waals surface area contributed by atoms with Gasteiger partial charge in [-0.05, 0) is 45.0 Å². The lowest BCUT2D eigenvalue weighted by atomic mass is 10.00. The van der Waals surface area contributed by atoms with Gasteiger partial charge in [0.1, 0.15) is 0 Å². The van der Waals surface area contributed by atoms with E-state index in [1.807, 2.05) is 7.05 Å². The zero-order chi connectivity index (χ0) is 14.5. The molecule has 0 aromatic heterocycles. The Morgan fingerprint density at radius 3 is 2.65 bits per heavy atom. The SMILES string of the molecule is CNC(Cc1ccc(Br)cc1)C1CN(C(C)C)CCO1. The lowest BCUT2D eigenvalue weighted by Crippen LogP contribution is -2.53. The summed E-state index contributed by atoms with van der Waals surface area (Å²) in [6, 6.07) is 9.51. The standard InChI is InChI=1S/C16H25BrN2O/c1-12(2)19-8-9-20-16(11-19)15(18-3)10-13-4-6-14(17)7-5-13/h4-7,12,15-16,18H,8-11H2,1-3H3. The molecule has 1 aliphatic heterocycles. The number of nitrogens with zero attached hydrogens (tertiary/aromatic N) is 1. The summed E-state index contributed by atoms with van der Waals surface area (Å²) in [5, 5.41) is 3.43. The summed E-state index contributed by atoms with van der Waals surface area (Å²) in [6.45, 7) is 7.40. The van der Waals surface area contributed by atoms with E-state index in [0.29, 0.717) is 12.1 Å². The second-order valence-corrected chi connectivity index (χ2v) is 6.64. The summed E-state index contributed by atoms with van der Waals surface area (Å²) in [4.78, 5) is 2.50. The van der Waals surface area contributed by atoms with E-state index in [9.17, 15) is 0 Å². The third-order valence-corrected chi connectivity index (χ3v) is 4.57. The Hall–Kier alpha value is -0.420. The number of ether oxygens (including phenoxy) is 1. The van der Waals surface area contributed by atoms with Crippen LogP contribution in [0, 0.1) is 0 Å². The average molecular weight is 341 g/mol. The first-order chi connectivity index (χ1) is 9.60. The first kappa shape index (κ1) is 16.0. The minimum atomic E-state index is 0.264. The van der Waals surface area contributed by atoms with Crippen molar-refractivity contribution >= 4 is 15.9 Å². The van der Waals surface area contributed by atoms with Crippen LogP contribution in [0.1, 0.15) is 19.4 Å². The van der Waals surface area contributed by atoms with Crippen molar-refractivity contribution in [1.29, 1.82) is 0 Å². The Kier molecular flexibility index (Phi) is 6.02. The molecule has 1 aromatic carbocycles. The average Bonchev–Trinajstić information content (AvgIpc) is 2.46. The molecule has 1 fully saturated rings. The summed E-state index contributed by atoms with van der Waals surface area (Å²) >= 11 is 3.48. The van der Waals surface area contributed by atoms with E-state index in [2.05, 4.69) is 64.3 Å². The Balaban J connectivity index is 1.98. The molecular formula is C16H25BrN2O. The highest BCUT2D eigenvalue weighted by molar-refractivity contribution is 9.10. The van der Waals surface area contributed by atoms with Crippen LogP contribution < -0.4 is 5.32 Å². The Morgan fingerprint density at radius 1 is 1.35 bits per heavy atom. The molecule has 20 heavy (non-hydrogen) atoms. The minimum Gasteiger partial charge on any atom is -0.374 e. The van der Waals surface area contributed by atoms with E-state index in [0.717, 1.165) is 30.6 Å². The molecule has 2 atom stereocenters. The summed E-state index contributed by atoms with van der Waals surface area (Å²) in [5.41, 5.74) is 1.35. The van der Waals surface area contributed by atoms with Crippen molar-refractivity contribution in [1.82, 2.24) is 10.2 Å². The van der Waals surface area contributed by atoms with Crippen LogP contribution in [-0.2, 0) is 11.2 Å². The van der Waals surface area contributed by atoms with Crippen LogP contribution in [-0.4, -0.2) is 49.8 Å². The van der Waals surface area contributed by atoms with Crippen molar-refractivity contribution in [2.24, 2.45) is 0 Å². The lowest BCUT2D eigenvalue weighted by Gasteiger charge is -2.39. The fourth-order valence-electron chi connectivity index (χ4n) is 2.70. The monoisotopic (exact) mass is 340 g/mol. The van der Waals surface area contributed by atoms with E-state index in [1.165, 1.54) is 5.56 Å². The molecule has 1 saturated heterocycles. The number of halogens is 1. The minimum absolute atomic E-state index is 0.264. The third kappa shape index (κ3) is 4.29. The molecule has 0 bridgehead atoms. The summed E-state index contributed by atoms with van der Waals surface area (Å²) in [7, 11) is 2.03. The van der Waals surface area contributed by atoms with Crippen LogP contribution >= 0.6 is 15.9 Å². The van der Waals surface area contributed by atoms with E-state index in [1.54, 1.807) is 0 Å². The van der Waals surface area contributed by atoms with Crippen LogP contribution in [0.25, 0.3) is 0 Å². The predicted molar refractivity (Wildman–Crippen MR) is 87.1 cm³/mol. The molecule has 2 rings (SSSR count). The molecule has 1 N–H and O–H groups in total. The van der Waals surface area contributed by atoms with E-state index in [4.69, 9.17) is 4.74 Å². The van der Waals surface area contributed by atoms with Gasteiger partial charge in [-0.1, -0.05) is 28.1 Å². The highest BCUT2D eigenvalue weighted by Crippen LogP contribution is 2.17. The molecule has 112 valence electrons. The van der Waals surface area contributed by atoms with Crippen LogP contribution in [0.2, 0.25) is 0 Å². The molecule has 0 amide bonds. The van der Waals surface area contributed by atoms with Gasteiger partial charge in [0.2, 0.25) is 0 Å². The molecule has 0 radical (unpaired) electrons. The lowest BCUT2D eigenvalue weighted by molar-refractivity contribution is -0.0541. The molecule has 0 spiro atoms. The van der Waals surface area contributed by atoms with Crippen LogP contribution in [0.4, 0.5) is 0 Å². The van der Waals surface area contributed by atoms with E-state index < -0.39 is 0 Å². The van der Waals surface area contributed by atoms with Gasteiger partial charge in [0.15, 0.2) is 0 Å². The number of hydrogen-bond donors (Lipinski definition) is 1. The van der Waals surface area contributed by atoms with Crippen molar-refractivity contribution in [3.63, 3.8) is 0 Å². The number of nitrogens with one attached hydrogen (secondary N) is 1. The first-order valence-electron chi connectivity index (χ1n) is 7.37. The second kappa shape index (κ2) is 7.55. The maximum Gasteiger partial charge on any atom is 0.0858 e. The Morgan fingerprint density at radius 2 is 2.05 bits per heavy atom. The van der Waals surface area contributed by atoms with Crippen LogP contribution in [0.3, 0.4) is 0 Å². The second-order valence-electron chi connectivity index (χ2n) is 5.72. The number of likely N-dealkylation sites (N-methyl/N-ethyl adjacent to an activating group) is 1. The van der Waals surface area contributed by atoms with Crippen molar-refractivity contribution in [2.45, 2.75) is 38.5 Å². The van der Waals surface area contributed by atoms with Gasteiger partial charge >= 0.3 is 0 Å². The number of benzene rings is 1. The van der Waals surface area contributed by atoms with Gasteiger partial charge in [-0.25, -0.2) is 0 Å². The van der Waals surface area contributed by atoms with Crippen molar-refractivity contribution in [3.05, 3.63) is 34.3 Å². The highest BCUT2D eigenvalue weighted by Gasteiger charge is 2.28. The fraction of sp³-hybridized carbons (Fsp3) is 0.625. The molecule has 0 aliphatic carbocycles. The zero-order valence-electron chi connectivity index (χ0n) is 12.6. The van der Waals surface area contributed by atoms with Gasteiger partial charge in [0, 0.05) is 29.6 Å². The maximum atomic E-state index is 5.99. The zero-order valence-corrected chi connectivity index (χ0v) is 14.2. The number of morpholine rings is 1. The molecule has 4 heteroatoms. The quantitative estimate of drug-likeness (QED) is 0.891. The van der Waals surface area contributed by atoms with Gasteiger partial charge in [-0.15, -0.1) is 0 Å². The van der Waals surface area contributed by atoms with Crippen molar-refractivity contribution < 1.29 is 4.74 Å². The Bertz CT molecular complexity index is 407. The smallest absolute Gasteiger partial charge is 0.0858 e. The largest absolute Gasteiger partial charge is 0.374 e. The molecule has 1 heterocycles. The number of rotatable bonds is 5. The first-order valence-corrected chi connectivity index (χ1v) is 8.17. The van der Waals surface area contributed by atoms with E-state index >= 15 is 0 Å². The maximum absolute atomic E-state index is 5.99. The topological polar surface area (TPSA) is 24.5 Å². The van der Waals surface area contributed by atoms with Crippen molar-refractivity contribution in [3.8, 4) is 0 Å². The molecule has 0 saturated carbocycles. The molecule has 1 aromatic rings. The van der Waals surface area contributed by atoms with E-state index in [-0.39, 0.29) is 6.10 Å². The van der Waals surface area contributed by atoms with Crippen molar-refractivity contribution in [2.75, 3.05) is 26.7 Å². The molecular weight excluding hydrogens is 316 g/mol. The van der Waals surface area contributed by atoms with Gasteiger partial charge < -0.3 is 10.1 Å². The molecule has 3 nitrogen and oxygen atoms in total. The molecule has 2 unspecified atom stereocenters. The summed E-state index contributed by atoms with van der Waals surface area (Å²) in [5.74, 6) is 0. The third-order valence-electron chi connectivity index (χ3n) is 4.04. The molecule has 1 aliphatic rings. The summed E-state index contributed by atoms with van der Waals surface area (Å²) in [6.07, 6.45) is 1.26. The van der Waals surface area contributed by atoms with Crippen LogP contribution in [0.5, 0.6) is 0 Å². The normalized spacial score (nSPS) is 22.1. The van der Waals surface area contributed by atoms with Gasteiger partial charge in [0.05, 0.1) is 12.7 Å². The van der Waals surface area contributed by atoms with Gasteiger partial charge in [-0.3, -0.25) is 4.90 Å². The number of hydrogen-bond acceptors (Lipinski definition) is 3. The summed E-state index contributed by atoms with van der Waals surface area (Å²) < 4.78 is 7.12.